The molecule has 2 aromatic carbocycles. The van der Waals surface area contributed by atoms with E-state index in [0.29, 0.717) is 17.3 Å². The van der Waals surface area contributed by atoms with Gasteiger partial charge in [-0.1, -0.05) is 36.1 Å². The Kier molecular flexibility index (Phi) is 4.96. The zero-order chi connectivity index (χ0) is 17.3. The number of rotatable bonds is 5. The van der Waals surface area contributed by atoms with Crippen LogP contribution < -0.4 is 9.47 Å². The van der Waals surface area contributed by atoms with E-state index in [4.69, 9.17) is 21.7 Å². The number of benzene rings is 2. The maximum atomic E-state index is 12.6. The molecule has 1 saturated heterocycles. The molecule has 0 unspecified atom stereocenters. The van der Waals surface area contributed by atoms with Crippen LogP contribution in [0.2, 0.25) is 0 Å². The Bertz CT molecular complexity index is 801. The number of ether oxygens (including phenoxy) is 2. The lowest BCUT2D eigenvalue weighted by Gasteiger charge is -2.16. The molecule has 1 heterocycles. The molecule has 1 amide bonds. The highest BCUT2D eigenvalue weighted by Crippen LogP contribution is 2.36. The molecule has 126 valence electrons. The van der Waals surface area contributed by atoms with Gasteiger partial charge in [0.25, 0.3) is 0 Å². The number of amides is 1. The third-order valence-electron chi connectivity index (χ3n) is 4.23. The van der Waals surface area contributed by atoms with Gasteiger partial charge in [-0.2, -0.15) is 0 Å². The summed E-state index contributed by atoms with van der Waals surface area (Å²) in [6.07, 6.45) is 0.577. The number of hydrogen-bond acceptors (Lipinski definition) is 5. The highest BCUT2D eigenvalue weighted by atomic mass is 32.2. The molecule has 3 rings (SSSR count). The van der Waals surface area contributed by atoms with Crippen molar-refractivity contribution in [1.29, 1.82) is 0 Å². The fraction of sp³-hybridized carbons (Fsp3) is 0.333. The summed E-state index contributed by atoms with van der Waals surface area (Å²) >= 11 is 6.78. The predicted molar refractivity (Wildman–Crippen MR) is 102 cm³/mol. The normalized spacial score (nSPS) is 17.6. The number of methoxy groups -OCH3 is 2. The predicted octanol–water partition coefficient (Wildman–Crippen LogP) is 3.65. The van der Waals surface area contributed by atoms with Crippen LogP contribution in [0.4, 0.5) is 0 Å². The van der Waals surface area contributed by atoms with Crippen LogP contribution in [0, 0.1) is 0 Å². The van der Waals surface area contributed by atoms with E-state index in [1.54, 1.807) is 19.1 Å². The molecule has 1 fully saturated rings. The Labute approximate surface area is 151 Å². The largest absolute Gasteiger partial charge is 0.497 e. The lowest BCUT2D eigenvalue weighted by molar-refractivity contribution is -0.125. The van der Waals surface area contributed by atoms with Crippen molar-refractivity contribution in [1.82, 2.24) is 4.90 Å². The summed E-state index contributed by atoms with van der Waals surface area (Å²) in [4.78, 5) is 14.2. The number of thiocarbonyl (C=S) groups is 1. The SMILES string of the molecule is CCN1C(=O)[C@H](Cc2c(OC)ccc3ccc(OC)cc23)SC1=S. The first-order valence-electron chi connectivity index (χ1n) is 7.74. The molecular formula is C18H19NO3S2. The van der Waals surface area contributed by atoms with Crippen LogP contribution in [0.5, 0.6) is 11.5 Å². The number of fused-ring (bicyclic) bond motifs is 1. The molecule has 24 heavy (non-hydrogen) atoms. The fourth-order valence-electron chi connectivity index (χ4n) is 2.97. The molecule has 2 aromatic rings. The first-order valence-corrected chi connectivity index (χ1v) is 9.03. The van der Waals surface area contributed by atoms with E-state index >= 15 is 0 Å². The second-order valence-electron chi connectivity index (χ2n) is 5.49. The first kappa shape index (κ1) is 17.0. The molecule has 0 spiro atoms. The molecule has 0 radical (unpaired) electrons. The van der Waals surface area contributed by atoms with Crippen LogP contribution in [0.15, 0.2) is 30.3 Å². The van der Waals surface area contributed by atoms with E-state index in [1.807, 2.05) is 37.3 Å². The van der Waals surface area contributed by atoms with Crippen molar-refractivity contribution in [2.45, 2.75) is 18.6 Å². The van der Waals surface area contributed by atoms with Gasteiger partial charge in [0.15, 0.2) is 0 Å². The van der Waals surface area contributed by atoms with E-state index in [9.17, 15) is 4.79 Å². The highest BCUT2D eigenvalue weighted by molar-refractivity contribution is 8.24. The first-order chi connectivity index (χ1) is 11.6. The Hall–Kier alpha value is -1.79. The van der Waals surface area contributed by atoms with Crippen molar-refractivity contribution in [2.75, 3.05) is 20.8 Å². The third-order valence-corrected chi connectivity index (χ3v) is 5.81. The topological polar surface area (TPSA) is 38.8 Å². The van der Waals surface area contributed by atoms with Gasteiger partial charge in [-0.3, -0.25) is 9.69 Å². The van der Waals surface area contributed by atoms with Gasteiger partial charge in [-0.25, -0.2) is 0 Å². The zero-order valence-corrected chi connectivity index (χ0v) is 15.5. The maximum Gasteiger partial charge on any atom is 0.241 e. The van der Waals surface area contributed by atoms with Gasteiger partial charge in [0.2, 0.25) is 5.91 Å². The van der Waals surface area contributed by atoms with Crippen molar-refractivity contribution < 1.29 is 14.3 Å². The minimum Gasteiger partial charge on any atom is -0.497 e. The third kappa shape index (κ3) is 2.96. The number of nitrogens with zero attached hydrogens (tertiary/aromatic N) is 1. The van der Waals surface area contributed by atoms with Gasteiger partial charge in [0, 0.05) is 12.1 Å². The Morgan fingerprint density at radius 3 is 2.58 bits per heavy atom. The molecule has 0 aliphatic carbocycles. The second kappa shape index (κ2) is 6.99. The number of thioether (sulfide) groups is 1. The van der Waals surface area contributed by atoms with E-state index in [2.05, 4.69) is 0 Å². The molecule has 0 bridgehead atoms. The van der Waals surface area contributed by atoms with Crippen LogP contribution in [-0.4, -0.2) is 41.1 Å². The fourth-order valence-corrected chi connectivity index (χ4v) is 4.60. The molecule has 1 atom stereocenters. The molecule has 4 nitrogen and oxygen atoms in total. The molecule has 0 N–H and O–H groups in total. The van der Waals surface area contributed by atoms with Crippen molar-refractivity contribution in [3.8, 4) is 11.5 Å². The van der Waals surface area contributed by atoms with Gasteiger partial charge in [0.05, 0.1) is 19.5 Å². The average Bonchev–Trinajstić information content (AvgIpc) is 2.87. The van der Waals surface area contributed by atoms with Gasteiger partial charge in [-0.15, -0.1) is 0 Å². The van der Waals surface area contributed by atoms with Gasteiger partial charge in [0.1, 0.15) is 15.8 Å². The highest BCUT2D eigenvalue weighted by Gasteiger charge is 2.36. The second-order valence-corrected chi connectivity index (χ2v) is 7.33. The van der Waals surface area contributed by atoms with Crippen LogP contribution in [-0.2, 0) is 11.2 Å². The average molecular weight is 361 g/mol. The Morgan fingerprint density at radius 1 is 1.21 bits per heavy atom. The van der Waals surface area contributed by atoms with Crippen LogP contribution >= 0.6 is 24.0 Å². The monoisotopic (exact) mass is 361 g/mol. The molecule has 0 saturated carbocycles. The summed E-state index contributed by atoms with van der Waals surface area (Å²) in [6.45, 7) is 2.55. The van der Waals surface area contributed by atoms with Crippen molar-refractivity contribution in [2.24, 2.45) is 0 Å². The molecule has 1 aliphatic heterocycles. The minimum absolute atomic E-state index is 0.0782. The quantitative estimate of drug-likeness (QED) is 0.760. The van der Waals surface area contributed by atoms with Gasteiger partial charge >= 0.3 is 0 Å². The van der Waals surface area contributed by atoms with E-state index < -0.39 is 0 Å². The molecular weight excluding hydrogens is 342 g/mol. The Morgan fingerprint density at radius 2 is 1.96 bits per heavy atom. The van der Waals surface area contributed by atoms with Gasteiger partial charge in [-0.05, 0) is 42.3 Å². The number of carbonyl (C=O) groups is 1. The van der Waals surface area contributed by atoms with Crippen molar-refractivity contribution in [3.05, 3.63) is 35.9 Å². The summed E-state index contributed by atoms with van der Waals surface area (Å²) in [7, 11) is 3.30. The van der Waals surface area contributed by atoms with Crippen molar-refractivity contribution in [3.63, 3.8) is 0 Å². The zero-order valence-electron chi connectivity index (χ0n) is 13.9. The molecule has 1 aliphatic rings. The molecule has 0 aromatic heterocycles. The standard InChI is InChI=1S/C18H19NO3S2/c1-4-19-17(20)16(24-18(19)23)10-14-13-9-12(21-2)7-5-11(13)6-8-15(14)22-3/h5-9,16H,4,10H2,1-3H3/t16-/m0/s1. The Balaban J connectivity index is 2.04. The summed E-state index contributed by atoms with van der Waals surface area (Å²) in [6, 6.07) is 9.91. The van der Waals surface area contributed by atoms with Gasteiger partial charge < -0.3 is 9.47 Å². The summed E-state index contributed by atoms with van der Waals surface area (Å²) in [5.41, 5.74) is 1.01. The van der Waals surface area contributed by atoms with Crippen LogP contribution in [0.1, 0.15) is 12.5 Å². The lowest BCUT2D eigenvalue weighted by Crippen LogP contribution is -2.31. The number of hydrogen-bond donors (Lipinski definition) is 0. The lowest BCUT2D eigenvalue weighted by atomic mass is 9.99. The minimum atomic E-state index is -0.205. The van der Waals surface area contributed by atoms with Crippen molar-refractivity contribution >= 4 is 45.0 Å². The van der Waals surface area contributed by atoms with E-state index in [0.717, 1.165) is 27.8 Å². The smallest absolute Gasteiger partial charge is 0.241 e. The van der Waals surface area contributed by atoms with Crippen LogP contribution in [0.25, 0.3) is 10.8 Å². The number of carbonyl (C=O) groups excluding carboxylic acids is 1. The summed E-state index contributed by atoms with van der Waals surface area (Å²) < 4.78 is 11.6. The maximum absolute atomic E-state index is 12.6. The van der Waals surface area contributed by atoms with Crippen LogP contribution in [0.3, 0.4) is 0 Å². The summed E-state index contributed by atoms with van der Waals surface area (Å²) in [5, 5.41) is 1.93. The molecule has 6 heteroatoms. The van der Waals surface area contributed by atoms with E-state index in [-0.39, 0.29) is 11.2 Å². The van der Waals surface area contributed by atoms with E-state index in [1.165, 1.54) is 11.8 Å². The summed E-state index contributed by atoms with van der Waals surface area (Å²) in [5.74, 6) is 1.65.